The molecular formula is C29H35N7O3S. The normalized spacial score (nSPS) is 16.4. The third-order valence-corrected chi connectivity index (χ3v) is 9.34. The highest BCUT2D eigenvalue weighted by Crippen LogP contribution is 2.48. The smallest absolute Gasteiger partial charge is 0.238 e. The van der Waals surface area contributed by atoms with Crippen LogP contribution in [0.2, 0.25) is 0 Å². The zero-order valence-electron chi connectivity index (χ0n) is 23.3. The fraction of sp³-hybridized carbons (Fsp3) is 0.379. The van der Waals surface area contributed by atoms with Gasteiger partial charge in [-0.15, -0.1) is 0 Å². The molecule has 40 heavy (non-hydrogen) atoms. The summed E-state index contributed by atoms with van der Waals surface area (Å²) in [4.78, 5) is 16.9. The predicted molar refractivity (Wildman–Crippen MR) is 160 cm³/mol. The molecule has 0 atom stereocenters. The number of para-hydroxylation sites is 1. The summed E-state index contributed by atoms with van der Waals surface area (Å²) in [5.74, 6) is 1.76. The van der Waals surface area contributed by atoms with Crippen LogP contribution in [0.4, 0.5) is 28.8 Å². The maximum Gasteiger partial charge on any atom is 0.238 e. The number of hydrogen-bond acceptors (Lipinski definition) is 8. The summed E-state index contributed by atoms with van der Waals surface area (Å²) in [7, 11) is 0.301. The zero-order chi connectivity index (χ0) is 28.2. The monoisotopic (exact) mass is 561 g/mol. The number of aryl methyl sites for hydroxylation is 1. The van der Waals surface area contributed by atoms with Crippen molar-refractivity contribution in [2.24, 2.45) is 0 Å². The molecule has 4 aromatic rings. The first-order valence-electron chi connectivity index (χ1n) is 13.5. The number of piperidine rings is 1. The van der Waals surface area contributed by atoms with Gasteiger partial charge in [0.1, 0.15) is 17.2 Å². The predicted octanol–water partition coefficient (Wildman–Crippen LogP) is 4.46. The number of nitrogens with zero attached hydrogens (tertiary/aromatic N) is 5. The Bertz CT molecular complexity index is 1690. The van der Waals surface area contributed by atoms with Gasteiger partial charge in [-0.05, 0) is 93.2 Å². The molecule has 10 nitrogen and oxygen atoms in total. The summed E-state index contributed by atoms with van der Waals surface area (Å²) in [5.41, 5.74) is 12.3. The second kappa shape index (κ2) is 9.97. The molecule has 3 N–H and O–H groups in total. The van der Waals surface area contributed by atoms with E-state index in [1.807, 2.05) is 29.2 Å². The van der Waals surface area contributed by atoms with Crippen molar-refractivity contribution < 1.29 is 13.2 Å². The molecular weight excluding hydrogens is 526 g/mol. The van der Waals surface area contributed by atoms with Crippen LogP contribution in [0.15, 0.2) is 42.6 Å². The van der Waals surface area contributed by atoms with Crippen LogP contribution >= 0.6 is 0 Å². The van der Waals surface area contributed by atoms with Crippen LogP contribution in [0, 0.1) is 6.92 Å². The number of likely N-dealkylation sites (tertiary alicyclic amines) is 1. The van der Waals surface area contributed by atoms with Crippen LogP contribution in [-0.4, -0.2) is 68.3 Å². The zero-order valence-corrected chi connectivity index (χ0v) is 24.1. The second-order valence-corrected chi connectivity index (χ2v) is 12.7. The molecule has 2 aliphatic heterocycles. The summed E-state index contributed by atoms with van der Waals surface area (Å²) >= 11 is 0. The molecule has 1 fully saturated rings. The van der Waals surface area contributed by atoms with E-state index in [-0.39, 0.29) is 0 Å². The third-order valence-electron chi connectivity index (χ3n) is 8.17. The topological polar surface area (TPSA) is 121 Å². The average molecular weight is 562 g/mol. The number of H-pyrrole nitrogens is 1. The number of ether oxygens (including phenoxy) is 1. The summed E-state index contributed by atoms with van der Waals surface area (Å²) in [6.45, 7) is 4.61. The number of nitrogens with one attached hydrogen (secondary N) is 1. The van der Waals surface area contributed by atoms with Gasteiger partial charge < -0.3 is 20.4 Å². The van der Waals surface area contributed by atoms with E-state index in [9.17, 15) is 8.42 Å². The molecule has 11 heteroatoms. The summed E-state index contributed by atoms with van der Waals surface area (Å²) in [5, 5.41) is 0.723. The van der Waals surface area contributed by atoms with E-state index in [4.69, 9.17) is 20.4 Å². The minimum Gasteiger partial charge on any atom is -0.495 e. The highest BCUT2D eigenvalue weighted by molar-refractivity contribution is 7.92. The fourth-order valence-corrected chi connectivity index (χ4v) is 7.06. The van der Waals surface area contributed by atoms with E-state index >= 15 is 0 Å². The van der Waals surface area contributed by atoms with Crippen LogP contribution in [0.3, 0.4) is 0 Å². The van der Waals surface area contributed by atoms with Gasteiger partial charge in [0.2, 0.25) is 16.0 Å². The fourth-order valence-electron chi connectivity index (χ4n) is 6.10. The highest BCUT2D eigenvalue weighted by Gasteiger charge is 2.34. The number of sulfonamides is 1. The molecule has 2 aromatic carbocycles. The minimum absolute atomic E-state index is 0.325. The molecule has 0 saturated carbocycles. The third kappa shape index (κ3) is 4.52. The summed E-state index contributed by atoms with van der Waals surface area (Å²) < 4.78 is 33.2. The largest absolute Gasteiger partial charge is 0.495 e. The van der Waals surface area contributed by atoms with E-state index in [0.29, 0.717) is 53.4 Å². The van der Waals surface area contributed by atoms with Crippen molar-refractivity contribution in [3.05, 3.63) is 59.3 Å². The number of nitrogen functional groups attached to an aromatic ring is 1. The number of rotatable bonds is 6. The van der Waals surface area contributed by atoms with Crippen molar-refractivity contribution in [3.63, 3.8) is 0 Å². The maximum absolute atomic E-state index is 12.9. The van der Waals surface area contributed by atoms with Gasteiger partial charge in [-0.25, -0.2) is 8.42 Å². The van der Waals surface area contributed by atoms with Crippen molar-refractivity contribution in [2.75, 3.05) is 55.0 Å². The lowest BCUT2D eigenvalue weighted by Crippen LogP contribution is -2.30. The molecule has 0 amide bonds. The number of methoxy groups -OCH3 is 1. The molecule has 0 spiro atoms. The minimum atomic E-state index is -3.52. The van der Waals surface area contributed by atoms with E-state index in [1.165, 1.54) is 16.1 Å². The van der Waals surface area contributed by atoms with Gasteiger partial charge >= 0.3 is 0 Å². The second-order valence-electron chi connectivity index (χ2n) is 10.8. The molecule has 210 valence electrons. The van der Waals surface area contributed by atoms with Gasteiger partial charge in [-0.2, -0.15) is 9.97 Å². The van der Waals surface area contributed by atoms with Gasteiger partial charge in [-0.1, -0.05) is 12.1 Å². The molecule has 0 unspecified atom stereocenters. The van der Waals surface area contributed by atoms with Crippen molar-refractivity contribution in [3.8, 4) is 5.75 Å². The molecule has 0 radical (unpaired) electrons. The van der Waals surface area contributed by atoms with Gasteiger partial charge in [0.25, 0.3) is 0 Å². The lowest BCUT2D eigenvalue weighted by Gasteiger charge is -2.32. The van der Waals surface area contributed by atoms with Crippen LogP contribution in [0.1, 0.15) is 35.4 Å². The van der Waals surface area contributed by atoms with E-state index in [1.54, 1.807) is 13.3 Å². The number of benzene rings is 2. The van der Waals surface area contributed by atoms with Crippen LogP contribution in [0.5, 0.6) is 5.75 Å². The Hall–Kier alpha value is -3.83. The van der Waals surface area contributed by atoms with Crippen LogP contribution in [0.25, 0.3) is 11.0 Å². The summed E-state index contributed by atoms with van der Waals surface area (Å²) in [6.07, 6.45) is 5.80. The van der Waals surface area contributed by atoms with Crippen molar-refractivity contribution in [2.45, 2.75) is 32.1 Å². The van der Waals surface area contributed by atoms with Gasteiger partial charge in [0.15, 0.2) is 0 Å². The molecule has 2 aliphatic rings. The first kappa shape index (κ1) is 26.4. The number of fused-ring (bicyclic) bond motifs is 2. The average Bonchev–Trinajstić information content (AvgIpc) is 3.58. The molecule has 0 aliphatic carbocycles. The SMILES string of the molecule is COc1cc(C2CCN(C)CC2)c(C)cc1N(c1nc(N)c2cc[nH]c2n1)c1cccc2c1N(S(C)(=O)=O)CC2. The summed E-state index contributed by atoms with van der Waals surface area (Å²) in [6, 6.07) is 11.9. The van der Waals surface area contributed by atoms with Gasteiger partial charge in [-0.3, -0.25) is 9.21 Å². The first-order chi connectivity index (χ1) is 19.2. The number of hydrogen-bond donors (Lipinski definition) is 2. The van der Waals surface area contributed by atoms with Gasteiger partial charge in [0, 0.05) is 12.7 Å². The molecule has 1 saturated heterocycles. The van der Waals surface area contributed by atoms with E-state index in [0.717, 1.165) is 48.1 Å². The Morgan fingerprint density at radius 3 is 2.60 bits per heavy atom. The van der Waals surface area contributed by atoms with E-state index < -0.39 is 10.0 Å². The van der Waals surface area contributed by atoms with Crippen molar-refractivity contribution in [1.82, 2.24) is 19.9 Å². The van der Waals surface area contributed by atoms with Crippen molar-refractivity contribution >= 4 is 49.9 Å². The number of nitrogens with two attached hydrogens (primary N) is 1. The number of aromatic nitrogens is 3. The van der Waals surface area contributed by atoms with Gasteiger partial charge in [0.05, 0.1) is 35.8 Å². The van der Waals surface area contributed by atoms with Crippen molar-refractivity contribution in [1.29, 1.82) is 0 Å². The molecule has 2 aromatic heterocycles. The molecule has 6 rings (SSSR count). The lowest BCUT2D eigenvalue weighted by molar-refractivity contribution is 0.255. The Labute approximate surface area is 234 Å². The Kier molecular flexibility index (Phi) is 6.58. The number of aromatic amines is 1. The van der Waals surface area contributed by atoms with E-state index in [2.05, 4.69) is 36.0 Å². The quantitative estimate of drug-likeness (QED) is 0.354. The Morgan fingerprint density at radius 1 is 1.10 bits per heavy atom. The number of anilines is 5. The Morgan fingerprint density at radius 2 is 1.88 bits per heavy atom. The van der Waals surface area contributed by atoms with Crippen LogP contribution < -0.4 is 19.7 Å². The standard InChI is InChI=1S/C29H35N7O3S/c1-18-16-24(25(39-3)17-22(18)19-9-13-34(2)14-10-19)36(29-32-27(30)21-8-12-31-28(21)33-29)23-7-5-6-20-11-15-35(26(20)23)40(4,37)38/h5-8,12,16-17,19H,9-11,13-15H2,1-4H3,(H3,30,31,32,33). The van der Waals surface area contributed by atoms with Crippen LogP contribution in [-0.2, 0) is 16.4 Å². The molecule has 4 heterocycles. The lowest BCUT2D eigenvalue weighted by atomic mass is 9.86. The maximum atomic E-state index is 12.9. The Balaban J connectivity index is 1.59. The highest BCUT2D eigenvalue weighted by atomic mass is 32.2. The molecule has 0 bridgehead atoms. The first-order valence-corrected chi connectivity index (χ1v) is 15.4.